The number of rotatable bonds is 8. The lowest BCUT2D eigenvalue weighted by molar-refractivity contribution is -0.121. The highest BCUT2D eigenvalue weighted by Gasteiger charge is 2.33. The Balaban J connectivity index is 1.29. The fraction of sp³-hybridized carbons (Fsp3) is 0.381. The highest BCUT2D eigenvalue weighted by atomic mass is 35.5. The van der Waals surface area contributed by atoms with Crippen molar-refractivity contribution in [3.05, 3.63) is 52.2 Å². The number of amides is 1. The zero-order valence-electron chi connectivity index (χ0n) is 17.9. The average molecular weight is 527 g/mol. The molecule has 0 atom stereocenters. The van der Waals surface area contributed by atoms with Crippen LogP contribution in [0.15, 0.2) is 49.9 Å². The Morgan fingerprint density at radius 1 is 1.21 bits per heavy atom. The van der Waals surface area contributed by atoms with Crippen molar-refractivity contribution in [2.45, 2.75) is 35.3 Å². The van der Waals surface area contributed by atoms with Crippen molar-refractivity contribution in [3.8, 4) is 0 Å². The maximum atomic E-state index is 12.7. The second-order valence-electron chi connectivity index (χ2n) is 7.48. The molecule has 1 saturated heterocycles. The molecule has 0 spiro atoms. The SMILES string of the molecule is CCSc1ccc(Cc2nnc(NC(=O)C3CCN(S(=O)(=O)c4ccc(Cl)s4)CC3)o2)cc1. The number of piperidine rings is 1. The van der Waals surface area contributed by atoms with Gasteiger partial charge in [0.15, 0.2) is 0 Å². The molecule has 1 N–H and O–H groups in total. The number of anilines is 1. The van der Waals surface area contributed by atoms with Gasteiger partial charge in [-0.3, -0.25) is 10.1 Å². The molecule has 1 aliphatic heterocycles. The Hall–Kier alpha value is -1.92. The van der Waals surface area contributed by atoms with E-state index in [9.17, 15) is 13.2 Å². The zero-order chi connectivity index (χ0) is 23.4. The summed E-state index contributed by atoms with van der Waals surface area (Å²) in [6.45, 7) is 2.63. The van der Waals surface area contributed by atoms with Crippen LogP contribution in [0.1, 0.15) is 31.2 Å². The Morgan fingerprint density at radius 2 is 1.94 bits per heavy atom. The normalized spacial score (nSPS) is 15.6. The van der Waals surface area contributed by atoms with Crippen molar-refractivity contribution < 1.29 is 17.6 Å². The molecule has 1 aromatic carbocycles. The molecule has 0 radical (unpaired) electrons. The molecule has 33 heavy (non-hydrogen) atoms. The van der Waals surface area contributed by atoms with E-state index in [0.717, 1.165) is 22.7 Å². The number of carbonyl (C=O) groups excluding carboxylic acids is 1. The molecule has 2 aromatic heterocycles. The van der Waals surface area contributed by atoms with Crippen molar-refractivity contribution in [2.24, 2.45) is 5.92 Å². The second kappa shape index (κ2) is 10.6. The van der Waals surface area contributed by atoms with Gasteiger partial charge in [-0.2, -0.15) is 4.31 Å². The molecule has 0 bridgehead atoms. The quantitative estimate of drug-likeness (QED) is 0.430. The van der Waals surface area contributed by atoms with Crippen LogP contribution in [0.2, 0.25) is 4.34 Å². The monoisotopic (exact) mass is 526 g/mol. The third-order valence-corrected chi connectivity index (χ3v) is 9.75. The van der Waals surface area contributed by atoms with Gasteiger partial charge in [0.25, 0.3) is 10.0 Å². The van der Waals surface area contributed by atoms with Crippen molar-refractivity contribution in [2.75, 3.05) is 24.2 Å². The van der Waals surface area contributed by atoms with Crippen LogP contribution in [0.25, 0.3) is 0 Å². The molecule has 8 nitrogen and oxygen atoms in total. The maximum Gasteiger partial charge on any atom is 0.322 e. The molecule has 4 rings (SSSR count). The Kier molecular flexibility index (Phi) is 7.75. The van der Waals surface area contributed by atoms with Crippen molar-refractivity contribution in [1.29, 1.82) is 0 Å². The van der Waals surface area contributed by atoms with Crippen LogP contribution in [0.5, 0.6) is 0 Å². The average Bonchev–Trinajstić information content (AvgIpc) is 3.44. The van der Waals surface area contributed by atoms with Gasteiger partial charge in [-0.25, -0.2) is 8.42 Å². The molecule has 176 valence electrons. The van der Waals surface area contributed by atoms with E-state index in [0.29, 0.717) is 29.5 Å². The van der Waals surface area contributed by atoms with Crippen molar-refractivity contribution in [3.63, 3.8) is 0 Å². The summed E-state index contributed by atoms with van der Waals surface area (Å²) < 4.78 is 33.1. The van der Waals surface area contributed by atoms with Gasteiger partial charge < -0.3 is 4.42 Å². The van der Waals surface area contributed by atoms with E-state index >= 15 is 0 Å². The van der Waals surface area contributed by atoms with Crippen LogP contribution < -0.4 is 5.32 Å². The third-order valence-electron chi connectivity index (χ3n) is 5.25. The number of thioether (sulfide) groups is 1. The Labute approximate surface area is 205 Å². The van der Waals surface area contributed by atoms with Gasteiger partial charge in [0.05, 0.1) is 10.8 Å². The molecule has 12 heteroatoms. The van der Waals surface area contributed by atoms with Gasteiger partial charge in [0.1, 0.15) is 4.21 Å². The zero-order valence-corrected chi connectivity index (χ0v) is 21.1. The predicted molar refractivity (Wildman–Crippen MR) is 129 cm³/mol. The molecule has 0 saturated carbocycles. The predicted octanol–water partition coefficient (Wildman–Crippen LogP) is 4.53. The first kappa shape index (κ1) is 24.2. The molecule has 0 aliphatic carbocycles. The van der Waals surface area contributed by atoms with Gasteiger partial charge in [0.2, 0.25) is 11.8 Å². The van der Waals surface area contributed by atoms with Crippen molar-refractivity contribution >= 4 is 56.6 Å². The van der Waals surface area contributed by atoms with Crippen LogP contribution in [0, 0.1) is 5.92 Å². The van der Waals surface area contributed by atoms with Gasteiger partial charge in [-0.05, 0) is 48.4 Å². The summed E-state index contributed by atoms with van der Waals surface area (Å²) in [6.07, 6.45) is 1.30. The fourth-order valence-electron chi connectivity index (χ4n) is 3.55. The second-order valence-corrected chi connectivity index (χ2v) is 12.7. The van der Waals surface area contributed by atoms with Gasteiger partial charge in [-0.15, -0.1) is 28.2 Å². The number of thiophene rings is 1. The van der Waals surface area contributed by atoms with Crippen LogP contribution >= 0.6 is 34.7 Å². The van der Waals surface area contributed by atoms with Crippen LogP contribution in [-0.4, -0.2) is 47.7 Å². The summed E-state index contributed by atoms with van der Waals surface area (Å²) in [5.41, 5.74) is 1.04. The first-order valence-electron chi connectivity index (χ1n) is 10.5. The molecule has 1 amide bonds. The third kappa shape index (κ3) is 5.96. The smallest absolute Gasteiger partial charge is 0.322 e. The van der Waals surface area contributed by atoms with E-state index in [1.807, 2.05) is 12.1 Å². The lowest BCUT2D eigenvalue weighted by Gasteiger charge is -2.29. The van der Waals surface area contributed by atoms with E-state index < -0.39 is 10.0 Å². The summed E-state index contributed by atoms with van der Waals surface area (Å²) in [4.78, 5) is 13.8. The highest BCUT2D eigenvalue weighted by molar-refractivity contribution is 7.99. The molecule has 1 fully saturated rings. The summed E-state index contributed by atoms with van der Waals surface area (Å²) in [6, 6.07) is 11.3. The molecular weight excluding hydrogens is 504 g/mol. The Morgan fingerprint density at radius 3 is 2.58 bits per heavy atom. The fourth-order valence-corrected chi connectivity index (χ4v) is 7.32. The molecule has 1 aliphatic rings. The minimum atomic E-state index is -3.59. The van der Waals surface area contributed by atoms with Gasteiger partial charge in [-0.1, -0.05) is 35.8 Å². The number of halogens is 1. The molecule has 3 heterocycles. The summed E-state index contributed by atoms with van der Waals surface area (Å²) in [7, 11) is -3.59. The van der Waals surface area contributed by atoms with Gasteiger partial charge in [0, 0.05) is 23.9 Å². The number of benzene rings is 1. The standard InChI is InChI=1S/C21H23ClN4O4S3/c1-2-31-16-5-3-14(4-6-16)13-18-24-25-21(30-18)23-20(27)15-9-11-26(12-10-15)33(28,29)19-8-7-17(22)32-19/h3-8,15H,2,9-13H2,1H3,(H,23,25,27). The molecule has 0 unspecified atom stereocenters. The van der Waals surface area contributed by atoms with E-state index in [4.69, 9.17) is 16.0 Å². The highest BCUT2D eigenvalue weighted by Crippen LogP contribution is 2.31. The van der Waals surface area contributed by atoms with Crippen molar-refractivity contribution in [1.82, 2.24) is 14.5 Å². The maximum absolute atomic E-state index is 12.7. The lowest BCUT2D eigenvalue weighted by Crippen LogP contribution is -2.41. The largest absolute Gasteiger partial charge is 0.407 e. The summed E-state index contributed by atoms with van der Waals surface area (Å²) in [5, 5.41) is 10.6. The number of hydrogen-bond donors (Lipinski definition) is 1. The van der Waals surface area contributed by atoms with E-state index in [-0.39, 0.29) is 35.1 Å². The number of hydrogen-bond acceptors (Lipinski definition) is 8. The Bertz CT molecular complexity index is 1200. The number of nitrogens with one attached hydrogen (secondary N) is 1. The van der Waals surface area contributed by atoms with E-state index in [1.165, 1.54) is 15.3 Å². The van der Waals surface area contributed by atoms with Crippen LogP contribution in [0.3, 0.4) is 0 Å². The van der Waals surface area contributed by atoms with E-state index in [2.05, 4.69) is 34.6 Å². The summed E-state index contributed by atoms with van der Waals surface area (Å²) >= 11 is 8.68. The minimum absolute atomic E-state index is 0.0523. The van der Waals surface area contributed by atoms with Gasteiger partial charge >= 0.3 is 6.01 Å². The minimum Gasteiger partial charge on any atom is -0.407 e. The van der Waals surface area contributed by atoms with Crippen LogP contribution in [0.4, 0.5) is 6.01 Å². The molecular formula is C21H23ClN4O4S3. The number of sulfonamides is 1. The number of aromatic nitrogens is 2. The molecule has 3 aromatic rings. The first-order valence-corrected chi connectivity index (χ1v) is 14.1. The first-order chi connectivity index (χ1) is 15.8. The topological polar surface area (TPSA) is 105 Å². The lowest BCUT2D eigenvalue weighted by atomic mass is 9.97. The van der Waals surface area contributed by atoms with Crippen LogP contribution in [-0.2, 0) is 21.2 Å². The van der Waals surface area contributed by atoms with E-state index in [1.54, 1.807) is 17.8 Å². The summed E-state index contributed by atoms with van der Waals surface area (Å²) in [5.74, 6) is 0.853. The number of nitrogens with zero attached hydrogens (tertiary/aromatic N) is 3. The number of carbonyl (C=O) groups is 1.